The first kappa shape index (κ1) is 24.3. The second-order valence-electron chi connectivity index (χ2n) is 9.15. The van der Waals surface area contributed by atoms with Crippen LogP contribution in [0.4, 0.5) is 10.1 Å². The molecule has 184 valence electrons. The van der Waals surface area contributed by atoms with Crippen LogP contribution in [-0.4, -0.2) is 56.0 Å². The molecule has 1 atom stereocenters. The number of fused-ring (bicyclic) bond motifs is 1. The lowest BCUT2D eigenvalue weighted by atomic mass is 9.98. The van der Waals surface area contributed by atoms with Crippen molar-refractivity contribution in [1.82, 2.24) is 5.32 Å². The van der Waals surface area contributed by atoms with Gasteiger partial charge in [-0.25, -0.2) is 4.39 Å². The number of aliphatic hydroxyl groups is 1. The predicted octanol–water partition coefficient (Wildman–Crippen LogP) is 2.81. The summed E-state index contributed by atoms with van der Waals surface area (Å²) in [6.07, 6.45) is 4.52. The van der Waals surface area contributed by atoms with Gasteiger partial charge >= 0.3 is 0 Å². The van der Waals surface area contributed by atoms with E-state index in [0.29, 0.717) is 43.2 Å². The van der Waals surface area contributed by atoms with E-state index in [1.54, 1.807) is 6.07 Å². The number of carbonyl (C=O) groups is 1. The van der Waals surface area contributed by atoms with Gasteiger partial charge in [-0.1, -0.05) is 6.07 Å². The van der Waals surface area contributed by atoms with Crippen molar-refractivity contribution in [3.8, 4) is 11.5 Å². The highest BCUT2D eigenvalue weighted by Gasteiger charge is 2.26. The standard InChI is InChI=1S/C26H34FN3O4/c1-17(29-8-12-33-24-16-20(27)3-6-23(24)34-21-4-5-21)13-18-14-19-7-10-30(9-2-11-31)25(19)22(15-18)26(28)32/h3,6,14-17,21,29,31H,2,4-5,7-13H2,1H3,(H2,28,32). The monoisotopic (exact) mass is 471 g/mol. The first-order valence-electron chi connectivity index (χ1n) is 12.1. The van der Waals surface area contributed by atoms with Crippen molar-refractivity contribution in [1.29, 1.82) is 0 Å². The van der Waals surface area contributed by atoms with Crippen molar-refractivity contribution in [2.45, 2.75) is 51.2 Å². The normalized spacial score (nSPS) is 15.8. The molecule has 0 spiro atoms. The fourth-order valence-electron chi connectivity index (χ4n) is 4.43. The van der Waals surface area contributed by atoms with Crippen LogP contribution < -0.4 is 25.4 Å². The van der Waals surface area contributed by atoms with Gasteiger partial charge < -0.3 is 30.5 Å². The Labute approximate surface area is 200 Å². The number of ether oxygens (including phenoxy) is 2. The summed E-state index contributed by atoms with van der Waals surface area (Å²) in [5, 5.41) is 12.6. The van der Waals surface area contributed by atoms with Crippen LogP contribution in [-0.2, 0) is 12.8 Å². The minimum Gasteiger partial charge on any atom is -0.488 e. The number of hydrogen-bond acceptors (Lipinski definition) is 6. The molecule has 0 radical (unpaired) electrons. The van der Waals surface area contributed by atoms with Gasteiger partial charge in [0.15, 0.2) is 11.5 Å². The fraction of sp³-hybridized carbons (Fsp3) is 0.500. The van der Waals surface area contributed by atoms with Gasteiger partial charge in [0.2, 0.25) is 0 Å². The second kappa shape index (κ2) is 11.1. The second-order valence-corrected chi connectivity index (χ2v) is 9.15. The molecule has 1 heterocycles. The van der Waals surface area contributed by atoms with Crippen molar-refractivity contribution in [2.75, 3.05) is 37.7 Å². The first-order valence-corrected chi connectivity index (χ1v) is 12.1. The van der Waals surface area contributed by atoms with Gasteiger partial charge in [0.05, 0.1) is 17.4 Å². The summed E-state index contributed by atoms with van der Waals surface area (Å²) >= 11 is 0. The molecule has 1 saturated carbocycles. The summed E-state index contributed by atoms with van der Waals surface area (Å²) in [6, 6.07) is 8.55. The maximum atomic E-state index is 13.7. The van der Waals surface area contributed by atoms with Crippen LogP contribution in [0.5, 0.6) is 11.5 Å². The molecule has 0 bridgehead atoms. The molecule has 1 aliphatic carbocycles. The third-order valence-corrected chi connectivity index (χ3v) is 6.19. The van der Waals surface area contributed by atoms with E-state index in [-0.39, 0.29) is 24.6 Å². The van der Waals surface area contributed by atoms with Crippen molar-refractivity contribution >= 4 is 11.6 Å². The van der Waals surface area contributed by atoms with E-state index in [9.17, 15) is 9.18 Å². The van der Waals surface area contributed by atoms with E-state index in [0.717, 1.165) is 49.0 Å². The molecule has 1 unspecified atom stereocenters. The van der Waals surface area contributed by atoms with Gasteiger partial charge in [0.1, 0.15) is 12.4 Å². The lowest BCUT2D eigenvalue weighted by molar-refractivity contribution is 0.100. The fourth-order valence-corrected chi connectivity index (χ4v) is 4.43. The van der Waals surface area contributed by atoms with E-state index in [2.05, 4.69) is 23.2 Å². The van der Waals surface area contributed by atoms with Gasteiger partial charge in [-0.05, 0) is 68.4 Å². The van der Waals surface area contributed by atoms with Gasteiger partial charge in [-0.2, -0.15) is 0 Å². The molecule has 1 fully saturated rings. The molecule has 34 heavy (non-hydrogen) atoms. The average molecular weight is 472 g/mol. The number of anilines is 1. The Morgan fingerprint density at radius 2 is 2.12 bits per heavy atom. The lowest BCUT2D eigenvalue weighted by Gasteiger charge is -2.22. The van der Waals surface area contributed by atoms with Crippen molar-refractivity contribution in [3.63, 3.8) is 0 Å². The third-order valence-electron chi connectivity index (χ3n) is 6.19. The van der Waals surface area contributed by atoms with E-state index < -0.39 is 5.91 Å². The maximum Gasteiger partial charge on any atom is 0.250 e. The Hall–Kier alpha value is -2.84. The lowest BCUT2D eigenvalue weighted by Crippen LogP contribution is -2.32. The summed E-state index contributed by atoms with van der Waals surface area (Å²) in [7, 11) is 0. The number of amides is 1. The Bertz CT molecular complexity index is 1010. The zero-order chi connectivity index (χ0) is 24.1. The molecular formula is C26H34FN3O4. The number of primary amides is 1. The number of hydrogen-bond donors (Lipinski definition) is 3. The molecule has 0 aromatic heterocycles. The van der Waals surface area contributed by atoms with Crippen molar-refractivity contribution in [3.05, 3.63) is 52.8 Å². The molecule has 1 amide bonds. The third kappa shape index (κ3) is 6.18. The molecule has 8 heteroatoms. The van der Waals surface area contributed by atoms with Crippen LogP contribution in [0.3, 0.4) is 0 Å². The Balaban J connectivity index is 1.31. The van der Waals surface area contributed by atoms with Crippen molar-refractivity contribution in [2.24, 2.45) is 5.73 Å². The molecular weight excluding hydrogens is 437 g/mol. The summed E-state index contributed by atoms with van der Waals surface area (Å²) in [6.45, 7) is 4.70. The number of rotatable bonds is 13. The highest BCUT2D eigenvalue weighted by molar-refractivity contribution is 6.00. The number of halogens is 1. The molecule has 4 rings (SSSR count). The minimum absolute atomic E-state index is 0.122. The molecule has 2 aliphatic rings. The number of aliphatic hydroxyl groups excluding tert-OH is 1. The summed E-state index contributed by atoms with van der Waals surface area (Å²) < 4.78 is 25.2. The smallest absolute Gasteiger partial charge is 0.250 e. The Morgan fingerprint density at radius 3 is 2.85 bits per heavy atom. The quantitative estimate of drug-likeness (QED) is 0.389. The summed E-state index contributed by atoms with van der Waals surface area (Å²) in [4.78, 5) is 14.3. The Morgan fingerprint density at radius 1 is 1.29 bits per heavy atom. The van der Waals surface area contributed by atoms with Gasteiger partial charge in [-0.15, -0.1) is 0 Å². The average Bonchev–Trinajstić information content (AvgIpc) is 3.53. The molecule has 7 nitrogen and oxygen atoms in total. The Kier molecular flexibility index (Phi) is 7.90. The van der Waals surface area contributed by atoms with E-state index in [4.69, 9.17) is 20.3 Å². The number of nitrogens with one attached hydrogen (secondary N) is 1. The van der Waals surface area contributed by atoms with Crippen LogP contribution in [0.2, 0.25) is 0 Å². The number of nitrogens with zero attached hydrogens (tertiary/aromatic N) is 1. The number of carbonyl (C=O) groups excluding carboxylic acids is 1. The largest absolute Gasteiger partial charge is 0.488 e. The van der Waals surface area contributed by atoms with Crippen LogP contribution in [0.15, 0.2) is 30.3 Å². The maximum absolute atomic E-state index is 13.7. The SMILES string of the molecule is CC(Cc1cc2c(c(C(N)=O)c1)N(CCCO)CC2)NCCOc1cc(F)ccc1OC1CC1. The molecule has 2 aromatic rings. The summed E-state index contributed by atoms with van der Waals surface area (Å²) in [5.41, 5.74) is 9.36. The van der Waals surface area contributed by atoms with Crippen LogP contribution in [0.25, 0.3) is 0 Å². The first-order chi connectivity index (χ1) is 16.4. The minimum atomic E-state index is -0.428. The van der Waals surface area contributed by atoms with Crippen molar-refractivity contribution < 1.29 is 23.8 Å². The van der Waals surface area contributed by atoms with Gasteiger partial charge in [-0.3, -0.25) is 4.79 Å². The zero-order valence-electron chi connectivity index (χ0n) is 19.7. The zero-order valence-corrected chi connectivity index (χ0v) is 19.7. The highest BCUT2D eigenvalue weighted by atomic mass is 19.1. The molecule has 2 aromatic carbocycles. The predicted molar refractivity (Wildman–Crippen MR) is 129 cm³/mol. The molecule has 4 N–H and O–H groups in total. The number of benzene rings is 2. The van der Waals surface area contributed by atoms with Crippen LogP contribution in [0, 0.1) is 5.82 Å². The molecule has 1 aliphatic heterocycles. The van der Waals surface area contributed by atoms with E-state index in [1.807, 2.05) is 6.07 Å². The van der Waals surface area contributed by atoms with E-state index in [1.165, 1.54) is 12.1 Å². The van der Waals surface area contributed by atoms with E-state index >= 15 is 0 Å². The highest BCUT2D eigenvalue weighted by Crippen LogP contribution is 2.35. The van der Waals surface area contributed by atoms with Crippen LogP contribution in [0.1, 0.15) is 47.7 Å². The van der Waals surface area contributed by atoms with Gasteiger partial charge in [0, 0.05) is 38.3 Å². The molecule has 0 saturated heterocycles. The van der Waals surface area contributed by atoms with Crippen LogP contribution >= 0.6 is 0 Å². The van der Waals surface area contributed by atoms with Gasteiger partial charge in [0.25, 0.3) is 5.91 Å². The number of nitrogens with two attached hydrogens (primary N) is 1. The summed E-state index contributed by atoms with van der Waals surface area (Å²) in [5.74, 6) is 0.234. The topological polar surface area (TPSA) is 97.1 Å².